The summed E-state index contributed by atoms with van der Waals surface area (Å²) in [6.07, 6.45) is 5.32. The first-order valence-corrected chi connectivity index (χ1v) is 7.91. The van der Waals surface area contributed by atoms with E-state index >= 15 is 0 Å². The molecule has 0 radical (unpaired) electrons. The van der Waals surface area contributed by atoms with Gasteiger partial charge in [-0.1, -0.05) is 11.6 Å². The number of nitrogens with one attached hydrogen (secondary N) is 1. The van der Waals surface area contributed by atoms with Crippen LogP contribution in [-0.2, 0) is 9.53 Å². The Morgan fingerprint density at radius 2 is 2.45 bits per heavy atom. The number of aromatic nitrogens is 1. The van der Waals surface area contributed by atoms with Gasteiger partial charge in [0.15, 0.2) is 0 Å². The van der Waals surface area contributed by atoms with Gasteiger partial charge in [0, 0.05) is 11.4 Å². The van der Waals surface area contributed by atoms with E-state index in [0.29, 0.717) is 10.3 Å². The van der Waals surface area contributed by atoms with E-state index in [4.69, 9.17) is 16.3 Å². The lowest BCUT2D eigenvalue weighted by atomic mass is 9.81. The zero-order valence-electron chi connectivity index (χ0n) is 11.7. The number of carbonyl (C=O) groups is 1. The summed E-state index contributed by atoms with van der Waals surface area (Å²) in [6.45, 7) is 0. The molecule has 2 rings (SSSR count). The molecule has 0 spiro atoms. The van der Waals surface area contributed by atoms with E-state index in [2.05, 4.69) is 10.3 Å². The highest BCUT2D eigenvalue weighted by molar-refractivity contribution is 8.00. The molecule has 0 amide bonds. The van der Waals surface area contributed by atoms with Crippen LogP contribution in [0.1, 0.15) is 25.7 Å². The van der Waals surface area contributed by atoms with E-state index in [-0.39, 0.29) is 5.97 Å². The van der Waals surface area contributed by atoms with Crippen LogP contribution in [0.2, 0.25) is 5.02 Å². The SMILES string of the molecule is CNC1(C(=O)OC)CCCC(Sc2ncccc2Cl)C1. The second kappa shape index (κ2) is 6.78. The van der Waals surface area contributed by atoms with Crippen LogP contribution >= 0.6 is 23.4 Å². The van der Waals surface area contributed by atoms with Crippen LogP contribution in [0.5, 0.6) is 0 Å². The molecule has 1 N–H and O–H groups in total. The molecule has 1 aliphatic carbocycles. The molecule has 0 bridgehead atoms. The lowest BCUT2D eigenvalue weighted by molar-refractivity contribution is -0.149. The highest BCUT2D eigenvalue weighted by Crippen LogP contribution is 2.39. The molecular formula is C14H19ClN2O2S. The van der Waals surface area contributed by atoms with Crippen LogP contribution in [0, 0.1) is 0 Å². The van der Waals surface area contributed by atoms with Gasteiger partial charge in [0.2, 0.25) is 0 Å². The van der Waals surface area contributed by atoms with Gasteiger partial charge in [0.25, 0.3) is 0 Å². The molecule has 2 atom stereocenters. The van der Waals surface area contributed by atoms with Crippen LogP contribution in [-0.4, -0.2) is 35.9 Å². The maximum absolute atomic E-state index is 12.0. The monoisotopic (exact) mass is 314 g/mol. The minimum absolute atomic E-state index is 0.183. The molecular weight excluding hydrogens is 296 g/mol. The molecule has 0 aliphatic heterocycles. The second-order valence-electron chi connectivity index (χ2n) is 4.95. The van der Waals surface area contributed by atoms with E-state index in [1.807, 2.05) is 19.2 Å². The van der Waals surface area contributed by atoms with Gasteiger partial charge < -0.3 is 10.1 Å². The molecule has 2 unspecified atom stereocenters. The number of methoxy groups -OCH3 is 1. The fourth-order valence-electron chi connectivity index (χ4n) is 2.65. The Kier molecular flexibility index (Phi) is 5.29. The van der Waals surface area contributed by atoms with Crippen LogP contribution < -0.4 is 5.32 Å². The van der Waals surface area contributed by atoms with E-state index in [9.17, 15) is 4.79 Å². The third-order valence-electron chi connectivity index (χ3n) is 3.76. The first kappa shape index (κ1) is 15.6. The quantitative estimate of drug-likeness (QED) is 0.866. The predicted octanol–water partition coefficient (Wildman–Crippen LogP) is 2.90. The molecule has 1 aromatic heterocycles. The van der Waals surface area contributed by atoms with Crippen molar-refractivity contribution in [1.82, 2.24) is 10.3 Å². The first-order valence-electron chi connectivity index (χ1n) is 6.66. The number of hydrogen-bond acceptors (Lipinski definition) is 5. The van der Waals surface area contributed by atoms with Crippen molar-refractivity contribution in [3.8, 4) is 0 Å². The van der Waals surface area contributed by atoms with E-state index in [1.165, 1.54) is 7.11 Å². The molecule has 1 heterocycles. The fourth-order valence-corrected chi connectivity index (χ4v) is 4.18. The number of hydrogen-bond donors (Lipinski definition) is 1. The summed E-state index contributed by atoms with van der Waals surface area (Å²) < 4.78 is 4.95. The van der Waals surface area contributed by atoms with Gasteiger partial charge in [-0.2, -0.15) is 0 Å². The maximum Gasteiger partial charge on any atom is 0.326 e. The predicted molar refractivity (Wildman–Crippen MR) is 81.2 cm³/mol. The normalized spacial score (nSPS) is 26.2. The van der Waals surface area contributed by atoms with Crippen molar-refractivity contribution in [3.05, 3.63) is 23.4 Å². The lowest BCUT2D eigenvalue weighted by Gasteiger charge is -2.38. The van der Waals surface area contributed by atoms with Crippen molar-refractivity contribution in [3.63, 3.8) is 0 Å². The summed E-state index contributed by atoms with van der Waals surface area (Å²) in [5.41, 5.74) is -0.577. The highest BCUT2D eigenvalue weighted by atomic mass is 35.5. The Hall–Kier alpha value is -0.780. The van der Waals surface area contributed by atoms with E-state index < -0.39 is 5.54 Å². The molecule has 0 saturated heterocycles. The van der Waals surface area contributed by atoms with Gasteiger partial charge in [-0.25, -0.2) is 4.98 Å². The van der Waals surface area contributed by atoms with Crippen LogP contribution in [0.25, 0.3) is 0 Å². The zero-order chi connectivity index (χ0) is 14.6. The minimum atomic E-state index is -0.577. The highest BCUT2D eigenvalue weighted by Gasteiger charge is 2.43. The Bertz CT molecular complexity index is 486. The van der Waals surface area contributed by atoms with Gasteiger partial charge in [-0.05, 0) is 44.9 Å². The van der Waals surface area contributed by atoms with Crippen LogP contribution in [0.3, 0.4) is 0 Å². The number of thioether (sulfide) groups is 1. The molecule has 1 aromatic rings. The Labute approximate surface area is 128 Å². The lowest BCUT2D eigenvalue weighted by Crippen LogP contribution is -2.54. The summed E-state index contributed by atoms with van der Waals surface area (Å²) in [7, 11) is 3.26. The smallest absolute Gasteiger partial charge is 0.326 e. The number of rotatable bonds is 4. The number of ether oxygens (including phenoxy) is 1. The summed E-state index contributed by atoms with van der Waals surface area (Å²) in [5, 5.41) is 4.96. The van der Waals surface area contributed by atoms with Crippen LogP contribution in [0.4, 0.5) is 0 Å². The molecule has 1 fully saturated rings. The number of carbonyl (C=O) groups excluding carboxylic acids is 1. The summed E-state index contributed by atoms with van der Waals surface area (Å²) >= 11 is 7.79. The van der Waals surface area contributed by atoms with E-state index in [1.54, 1.807) is 18.0 Å². The number of esters is 1. The largest absolute Gasteiger partial charge is 0.468 e. The molecule has 20 heavy (non-hydrogen) atoms. The second-order valence-corrected chi connectivity index (χ2v) is 6.65. The topological polar surface area (TPSA) is 51.2 Å². The Morgan fingerprint density at radius 1 is 1.65 bits per heavy atom. The number of pyridine rings is 1. The van der Waals surface area contributed by atoms with E-state index in [0.717, 1.165) is 30.7 Å². The summed E-state index contributed by atoms with van der Waals surface area (Å²) in [6, 6.07) is 3.66. The average molecular weight is 315 g/mol. The molecule has 4 nitrogen and oxygen atoms in total. The number of likely N-dealkylation sites (N-methyl/N-ethyl adjacent to an activating group) is 1. The molecule has 6 heteroatoms. The Balaban J connectivity index is 2.10. The third-order valence-corrected chi connectivity index (χ3v) is 5.46. The number of halogens is 1. The Morgan fingerprint density at radius 3 is 3.10 bits per heavy atom. The minimum Gasteiger partial charge on any atom is -0.468 e. The molecule has 1 aliphatic rings. The van der Waals surface area contributed by atoms with Crippen molar-refractivity contribution >= 4 is 29.3 Å². The zero-order valence-corrected chi connectivity index (χ0v) is 13.3. The van der Waals surface area contributed by atoms with Crippen molar-refractivity contribution in [2.75, 3.05) is 14.2 Å². The van der Waals surface area contributed by atoms with Crippen molar-refractivity contribution < 1.29 is 9.53 Å². The van der Waals surface area contributed by atoms with Gasteiger partial charge in [-0.3, -0.25) is 4.79 Å². The van der Waals surface area contributed by atoms with Crippen molar-refractivity contribution in [2.24, 2.45) is 0 Å². The van der Waals surface area contributed by atoms with Gasteiger partial charge in [-0.15, -0.1) is 11.8 Å². The average Bonchev–Trinajstić information content (AvgIpc) is 2.49. The summed E-state index contributed by atoms with van der Waals surface area (Å²) in [4.78, 5) is 16.4. The van der Waals surface area contributed by atoms with Crippen molar-refractivity contribution in [2.45, 2.75) is 41.5 Å². The van der Waals surface area contributed by atoms with Crippen molar-refractivity contribution in [1.29, 1.82) is 0 Å². The fraction of sp³-hybridized carbons (Fsp3) is 0.571. The third kappa shape index (κ3) is 3.27. The van der Waals surface area contributed by atoms with Gasteiger partial charge >= 0.3 is 5.97 Å². The first-order chi connectivity index (χ1) is 9.61. The molecule has 1 saturated carbocycles. The van der Waals surface area contributed by atoms with Gasteiger partial charge in [0.1, 0.15) is 10.6 Å². The summed E-state index contributed by atoms with van der Waals surface area (Å²) in [5.74, 6) is -0.183. The van der Waals surface area contributed by atoms with Crippen LogP contribution in [0.15, 0.2) is 23.4 Å². The maximum atomic E-state index is 12.0. The number of nitrogens with zero attached hydrogens (tertiary/aromatic N) is 1. The van der Waals surface area contributed by atoms with Gasteiger partial charge in [0.05, 0.1) is 12.1 Å². The molecule has 0 aromatic carbocycles. The molecule has 110 valence electrons. The standard InChI is InChI=1S/C14H19ClN2O2S/c1-16-14(13(18)19-2)7-3-5-10(9-14)20-12-11(15)6-4-8-17-12/h4,6,8,10,16H,3,5,7,9H2,1-2H3.